The van der Waals surface area contributed by atoms with Crippen LogP contribution < -0.4 is 5.32 Å². The fourth-order valence-corrected chi connectivity index (χ4v) is 3.18. The molecule has 0 amide bonds. The second kappa shape index (κ2) is 5.54. The molecule has 2 rings (SSSR count). The van der Waals surface area contributed by atoms with Crippen LogP contribution in [-0.4, -0.2) is 27.3 Å². The maximum atomic E-state index is 14.1. The molecule has 19 heavy (non-hydrogen) atoms. The molecule has 1 unspecified atom stereocenters. The summed E-state index contributed by atoms with van der Waals surface area (Å²) in [6.07, 6.45) is 4.22. The lowest BCUT2D eigenvalue weighted by atomic mass is 9.97. The topological polar surface area (TPSA) is 46.2 Å². The summed E-state index contributed by atoms with van der Waals surface area (Å²) in [7, 11) is -3.75. The molecule has 1 aliphatic heterocycles. The number of halogens is 2. The number of nitrogens with one attached hydrogen (secondary N) is 1. The van der Waals surface area contributed by atoms with Crippen LogP contribution in [0.3, 0.4) is 0 Å². The van der Waals surface area contributed by atoms with Gasteiger partial charge in [-0.2, -0.15) is 0 Å². The van der Waals surface area contributed by atoms with Crippen molar-refractivity contribution < 1.29 is 17.2 Å². The highest BCUT2D eigenvalue weighted by Crippen LogP contribution is 2.23. The molecule has 1 aromatic carbocycles. The van der Waals surface area contributed by atoms with Crippen LogP contribution in [0.15, 0.2) is 17.0 Å². The Kier molecular flexibility index (Phi) is 4.20. The lowest BCUT2D eigenvalue weighted by Crippen LogP contribution is -2.35. The van der Waals surface area contributed by atoms with Crippen molar-refractivity contribution in [3.05, 3.63) is 29.3 Å². The van der Waals surface area contributed by atoms with E-state index in [-0.39, 0.29) is 11.6 Å². The molecule has 6 heteroatoms. The predicted molar refractivity (Wildman–Crippen MR) is 68.8 cm³/mol. The minimum atomic E-state index is -3.75. The lowest BCUT2D eigenvalue weighted by molar-refractivity contribution is 0.393. The van der Waals surface area contributed by atoms with E-state index in [2.05, 4.69) is 5.32 Å². The number of benzene rings is 1. The van der Waals surface area contributed by atoms with Crippen LogP contribution in [0.1, 0.15) is 24.8 Å². The first-order valence-corrected chi connectivity index (χ1v) is 8.18. The Morgan fingerprint density at radius 1 is 1.32 bits per heavy atom. The third-order valence-electron chi connectivity index (χ3n) is 3.36. The van der Waals surface area contributed by atoms with E-state index in [0.717, 1.165) is 44.2 Å². The van der Waals surface area contributed by atoms with Crippen LogP contribution >= 0.6 is 0 Å². The molecule has 1 atom stereocenters. The van der Waals surface area contributed by atoms with E-state index in [1.54, 1.807) is 0 Å². The van der Waals surface area contributed by atoms with E-state index in [9.17, 15) is 17.2 Å². The van der Waals surface area contributed by atoms with E-state index >= 15 is 0 Å². The van der Waals surface area contributed by atoms with Crippen molar-refractivity contribution in [2.24, 2.45) is 0 Å². The first-order valence-electron chi connectivity index (χ1n) is 6.29. The van der Waals surface area contributed by atoms with E-state index in [4.69, 9.17) is 0 Å². The quantitative estimate of drug-likeness (QED) is 0.926. The average Bonchev–Trinajstić information content (AvgIpc) is 2.33. The van der Waals surface area contributed by atoms with Crippen molar-refractivity contribution >= 4 is 9.84 Å². The number of sulfone groups is 1. The molecule has 3 nitrogen and oxygen atoms in total. The number of piperidine rings is 1. The van der Waals surface area contributed by atoms with Gasteiger partial charge in [0.1, 0.15) is 16.5 Å². The molecular formula is C13H17F2NO2S. The van der Waals surface area contributed by atoms with E-state index in [0.29, 0.717) is 6.42 Å². The summed E-state index contributed by atoms with van der Waals surface area (Å²) in [5.74, 6) is -1.54. The molecule has 0 saturated carbocycles. The molecule has 0 aliphatic carbocycles. The molecule has 0 radical (unpaired) electrons. The molecule has 1 fully saturated rings. The van der Waals surface area contributed by atoms with Gasteiger partial charge >= 0.3 is 0 Å². The first kappa shape index (κ1) is 14.4. The number of hydrogen-bond donors (Lipinski definition) is 1. The SMILES string of the molecule is CS(=O)(=O)c1cc(F)cc(CC2CCCCN2)c1F. The van der Waals surface area contributed by atoms with Crippen LogP contribution in [0.25, 0.3) is 0 Å². The van der Waals surface area contributed by atoms with Crippen molar-refractivity contribution in [2.75, 3.05) is 12.8 Å². The summed E-state index contributed by atoms with van der Waals surface area (Å²) in [4.78, 5) is -0.557. The van der Waals surface area contributed by atoms with Gasteiger partial charge in [0.05, 0.1) is 0 Å². The van der Waals surface area contributed by atoms with Crippen molar-refractivity contribution in [1.29, 1.82) is 0 Å². The summed E-state index contributed by atoms with van der Waals surface area (Å²) < 4.78 is 50.4. The zero-order valence-corrected chi connectivity index (χ0v) is 11.6. The summed E-state index contributed by atoms with van der Waals surface area (Å²) in [5, 5.41) is 3.23. The zero-order valence-electron chi connectivity index (χ0n) is 10.7. The van der Waals surface area contributed by atoms with Crippen LogP contribution in [0.5, 0.6) is 0 Å². The highest BCUT2D eigenvalue weighted by molar-refractivity contribution is 7.90. The van der Waals surface area contributed by atoms with E-state index in [1.165, 1.54) is 0 Å². The van der Waals surface area contributed by atoms with Gasteiger partial charge in [-0.1, -0.05) is 6.42 Å². The third kappa shape index (κ3) is 3.51. The molecule has 0 aromatic heterocycles. The van der Waals surface area contributed by atoms with Gasteiger partial charge in [0, 0.05) is 12.3 Å². The zero-order chi connectivity index (χ0) is 14.0. The Bertz CT molecular complexity index is 566. The van der Waals surface area contributed by atoms with Gasteiger partial charge in [-0.15, -0.1) is 0 Å². The van der Waals surface area contributed by atoms with Gasteiger partial charge in [0.15, 0.2) is 9.84 Å². The van der Waals surface area contributed by atoms with Gasteiger partial charge in [-0.25, -0.2) is 17.2 Å². The average molecular weight is 289 g/mol. The second-order valence-electron chi connectivity index (χ2n) is 5.00. The molecule has 1 aromatic rings. The van der Waals surface area contributed by atoms with Gasteiger partial charge < -0.3 is 5.32 Å². The summed E-state index contributed by atoms with van der Waals surface area (Å²) >= 11 is 0. The van der Waals surface area contributed by atoms with Crippen LogP contribution in [0, 0.1) is 11.6 Å². The van der Waals surface area contributed by atoms with Crippen molar-refractivity contribution in [3.8, 4) is 0 Å². The summed E-state index contributed by atoms with van der Waals surface area (Å²) in [6, 6.07) is 1.90. The molecule has 0 spiro atoms. The Morgan fingerprint density at radius 2 is 2.05 bits per heavy atom. The summed E-state index contributed by atoms with van der Waals surface area (Å²) in [6.45, 7) is 0.862. The van der Waals surface area contributed by atoms with Gasteiger partial charge in [-0.05, 0) is 43.5 Å². The molecule has 1 heterocycles. The second-order valence-corrected chi connectivity index (χ2v) is 6.98. The van der Waals surface area contributed by atoms with Gasteiger partial charge in [-0.3, -0.25) is 0 Å². The molecule has 1 saturated heterocycles. The predicted octanol–water partition coefficient (Wildman–Crippen LogP) is 2.05. The Morgan fingerprint density at radius 3 is 2.63 bits per heavy atom. The first-order chi connectivity index (χ1) is 8.88. The fraction of sp³-hybridized carbons (Fsp3) is 0.538. The molecule has 0 bridgehead atoms. The van der Waals surface area contributed by atoms with Crippen LogP contribution in [0.4, 0.5) is 8.78 Å². The smallest absolute Gasteiger partial charge is 0.178 e. The van der Waals surface area contributed by atoms with E-state index in [1.807, 2.05) is 0 Å². The lowest BCUT2D eigenvalue weighted by Gasteiger charge is -2.23. The number of hydrogen-bond acceptors (Lipinski definition) is 3. The normalized spacial score (nSPS) is 20.5. The molecule has 1 N–H and O–H groups in total. The van der Waals surface area contributed by atoms with E-state index < -0.39 is 26.4 Å². The van der Waals surface area contributed by atoms with Crippen molar-refractivity contribution in [1.82, 2.24) is 5.32 Å². The minimum Gasteiger partial charge on any atom is -0.314 e. The Hall–Kier alpha value is -1.01. The fourth-order valence-electron chi connectivity index (χ4n) is 2.40. The van der Waals surface area contributed by atoms with Crippen molar-refractivity contribution in [2.45, 2.75) is 36.6 Å². The van der Waals surface area contributed by atoms with Gasteiger partial charge in [0.25, 0.3) is 0 Å². The molecule has 1 aliphatic rings. The Balaban J connectivity index is 2.32. The largest absolute Gasteiger partial charge is 0.314 e. The molecule has 106 valence electrons. The maximum absolute atomic E-state index is 14.1. The monoisotopic (exact) mass is 289 g/mol. The highest BCUT2D eigenvalue weighted by atomic mass is 32.2. The Labute approximate surface area is 111 Å². The summed E-state index contributed by atoms with van der Waals surface area (Å²) in [5.41, 5.74) is 0.125. The maximum Gasteiger partial charge on any atom is 0.178 e. The molecular weight excluding hydrogens is 272 g/mol. The third-order valence-corrected chi connectivity index (χ3v) is 4.45. The van der Waals surface area contributed by atoms with Crippen LogP contribution in [-0.2, 0) is 16.3 Å². The van der Waals surface area contributed by atoms with Crippen molar-refractivity contribution in [3.63, 3.8) is 0 Å². The standard InChI is InChI=1S/C13H17F2NO2S/c1-19(17,18)12-8-10(14)6-9(13(12)15)7-11-4-2-3-5-16-11/h6,8,11,16H,2-5,7H2,1H3. The van der Waals surface area contributed by atoms with Crippen LogP contribution in [0.2, 0.25) is 0 Å². The number of rotatable bonds is 3. The highest BCUT2D eigenvalue weighted by Gasteiger charge is 2.21. The van der Waals surface area contributed by atoms with Gasteiger partial charge in [0.2, 0.25) is 0 Å². The minimum absolute atomic E-state index is 0.0810.